The lowest BCUT2D eigenvalue weighted by molar-refractivity contribution is -0.115. The van der Waals surface area contributed by atoms with E-state index in [0.717, 1.165) is 17.0 Å². The Morgan fingerprint density at radius 2 is 1.83 bits per heavy atom. The lowest BCUT2D eigenvalue weighted by atomic mass is 10.1. The van der Waals surface area contributed by atoms with Crippen molar-refractivity contribution >= 4 is 85.0 Å². The minimum Gasteiger partial charge on any atom is -0.366 e. The van der Waals surface area contributed by atoms with Crippen LogP contribution in [0.2, 0.25) is 0 Å². The van der Waals surface area contributed by atoms with E-state index in [4.69, 9.17) is 32.8 Å². The average molecular weight is 631 g/mol. The zero-order valence-corrected chi connectivity index (χ0v) is 25.7. The summed E-state index contributed by atoms with van der Waals surface area (Å²) < 4.78 is 6.89. The summed E-state index contributed by atoms with van der Waals surface area (Å²) in [6.07, 6.45) is 6.47. The van der Waals surface area contributed by atoms with Crippen molar-refractivity contribution < 1.29 is 14.2 Å². The second-order valence-electron chi connectivity index (χ2n) is 9.90. The smallest absolute Gasteiger partial charge is 0.255 e. The monoisotopic (exact) mass is 629 g/mol. The zero-order valence-electron chi connectivity index (χ0n) is 23.4. The second kappa shape index (κ2) is 13.1. The molecule has 2 amide bonds. The fraction of sp³-hybridized carbons (Fsp3) is 0.321. The molecule has 0 saturated carbocycles. The number of carbonyl (C=O) groups is 2. The number of amides is 2. The Morgan fingerprint density at radius 1 is 1.05 bits per heavy atom. The number of anilines is 3. The number of hydrogen-bond donors (Lipinski definition) is 3. The molecule has 220 valence electrons. The topological polar surface area (TPSA) is 134 Å². The number of nitrogens with one attached hydrogen (secondary N) is 3. The molecule has 0 aliphatic carbocycles. The third kappa shape index (κ3) is 6.35. The van der Waals surface area contributed by atoms with Crippen molar-refractivity contribution in [2.45, 2.75) is 6.42 Å². The van der Waals surface area contributed by atoms with E-state index >= 15 is 0 Å². The van der Waals surface area contributed by atoms with Gasteiger partial charge in [-0.3, -0.25) is 9.59 Å². The Bertz CT molecular complexity index is 1720. The maximum Gasteiger partial charge on any atom is 0.255 e. The number of hydrogen-bond acceptors (Lipinski definition) is 7. The van der Waals surface area contributed by atoms with Crippen molar-refractivity contribution in [2.75, 3.05) is 58.6 Å². The molecule has 3 heterocycles. The highest BCUT2D eigenvalue weighted by Crippen LogP contribution is 2.34. The van der Waals surface area contributed by atoms with Crippen molar-refractivity contribution in [2.24, 2.45) is 7.05 Å². The van der Waals surface area contributed by atoms with Crippen LogP contribution in [0.1, 0.15) is 16.8 Å². The van der Waals surface area contributed by atoms with Gasteiger partial charge in [0.25, 0.3) is 5.91 Å². The number of aromatic nitrogens is 5. The van der Waals surface area contributed by atoms with Crippen LogP contribution in [0.15, 0.2) is 47.2 Å². The standard InChI is InChI=1S/C28H30Cl2N8O3S/c1-37-23-7-4-17(14-21(23)33-27(37)22-15-18(16-31-22)32-24(39)8-13-42(2)3)28(40)34-20-6-5-19-25(36-41-35-19)26(20)38(11-9-29)12-10-30/h4-7,14-16H,8-13H2,1-3H3,(H2-,31,32,33,34,35,36,39,40)/p+1. The van der Waals surface area contributed by atoms with E-state index in [-0.39, 0.29) is 22.7 Å². The normalized spacial score (nSPS) is 11.5. The molecular weight excluding hydrogens is 599 g/mol. The third-order valence-corrected chi connectivity index (χ3v) is 8.12. The number of imidazole rings is 1. The number of nitrogens with zero attached hydrogens (tertiary/aromatic N) is 5. The summed E-state index contributed by atoms with van der Waals surface area (Å²) in [6, 6.07) is 10.7. The number of H-pyrrole nitrogens is 1. The van der Waals surface area contributed by atoms with Crippen LogP contribution in [0.5, 0.6) is 0 Å². The van der Waals surface area contributed by atoms with E-state index in [2.05, 4.69) is 38.4 Å². The Balaban J connectivity index is 1.39. The van der Waals surface area contributed by atoms with Gasteiger partial charge in [0.15, 0.2) is 11.3 Å². The van der Waals surface area contributed by atoms with E-state index in [9.17, 15) is 9.59 Å². The van der Waals surface area contributed by atoms with Crippen LogP contribution in [0.3, 0.4) is 0 Å². The number of fused-ring (bicyclic) bond motifs is 2. The molecule has 0 radical (unpaired) electrons. The molecule has 0 saturated heterocycles. The molecule has 42 heavy (non-hydrogen) atoms. The number of benzene rings is 2. The van der Waals surface area contributed by atoms with Crippen molar-refractivity contribution in [1.82, 2.24) is 24.8 Å². The Labute approximate surface area is 255 Å². The highest BCUT2D eigenvalue weighted by molar-refractivity contribution is 7.95. The van der Waals surface area contributed by atoms with Crippen LogP contribution in [-0.2, 0) is 22.7 Å². The summed E-state index contributed by atoms with van der Waals surface area (Å²) in [5, 5.41) is 13.9. The summed E-state index contributed by atoms with van der Waals surface area (Å²) >= 11 is 12.1. The van der Waals surface area contributed by atoms with Crippen LogP contribution in [0.25, 0.3) is 33.6 Å². The van der Waals surface area contributed by atoms with Gasteiger partial charge in [-0.2, -0.15) is 0 Å². The van der Waals surface area contributed by atoms with Crippen LogP contribution in [-0.4, -0.2) is 79.8 Å². The minimum absolute atomic E-state index is 0.0158. The maximum absolute atomic E-state index is 13.5. The molecule has 0 aliphatic heterocycles. The summed E-state index contributed by atoms with van der Waals surface area (Å²) in [5.41, 5.74) is 5.62. The molecule has 0 bridgehead atoms. The summed E-state index contributed by atoms with van der Waals surface area (Å²) in [6.45, 7) is 0.988. The minimum atomic E-state index is -0.315. The van der Waals surface area contributed by atoms with Crippen LogP contribution < -0.4 is 15.5 Å². The van der Waals surface area contributed by atoms with Crippen LogP contribution in [0.4, 0.5) is 17.1 Å². The van der Waals surface area contributed by atoms with Gasteiger partial charge in [-0.25, -0.2) is 9.61 Å². The summed E-state index contributed by atoms with van der Waals surface area (Å²) in [5.74, 6) is 1.92. The molecule has 3 N–H and O–H groups in total. The van der Waals surface area contributed by atoms with Crippen molar-refractivity contribution in [1.29, 1.82) is 0 Å². The number of alkyl halides is 2. The number of rotatable bonds is 12. The Kier molecular flexibility index (Phi) is 9.24. The first-order valence-electron chi connectivity index (χ1n) is 13.2. The van der Waals surface area contributed by atoms with E-state index in [1.54, 1.807) is 30.5 Å². The van der Waals surface area contributed by atoms with Gasteiger partial charge in [-0.1, -0.05) is 0 Å². The first kappa shape index (κ1) is 29.7. The maximum atomic E-state index is 13.5. The number of aromatic amines is 1. The number of aryl methyl sites for hydroxylation is 1. The van der Waals surface area contributed by atoms with Gasteiger partial charge in [-0.05, 0) is 57.6 Å². The van der Waals surface area contributed by atoms with Gasteiger partial charge in [0.2, 0.25) is 5.91 Å². The van der Waals surface area contributed by atoms with Crippen LogP contribution >= 0.6 is 23.2 Å². The van der Waals surface area contributed by atoms with Gasteiger partial charge in [0.05, 0.1) is 52.7 Å². The SMILES string of the molecule is Cn1c(-c2cc(NC(=O)CC[S+](C)C)c[nH]2)nc2cc(C(=O)Nc3ccc4nonc4c3N(CCCl)CCCl)ccc21. The summed E-state index contributed by atoms with van der Waals surface area (Å²) in [4.78, 5) is 35.7. The number of halogens is 2. The Morgan fingerprint density at radius 3 is 2.57 bits per heavy atom. The fourth-order valence-corrected chi connectivity index (χ4v) is 5.69. The predicted molar refractivity (Wildman–Crippen MR) is 171 cm³/mol. The number of carbonyl (C=O) groups excluding carboxylic acids is 2. The summed E-state index contributed by atoms with van der Waals surface area (Å²) in [7, 11) is 2.12. The Hall–Kier alpha value is -3.74. The molecule has 0 atom stereocenters. The molecule has 5 rings (SSSR count). The lowest BCUT2D eigenvalue weighted by Crippen LogP contribution is -2.29. The first-order chi connectivity index (χ1) is 20.3. The zero-order chi connectivity index (χ0) is 29.8. The highest BCUT2D eigenvalue weighted by atomic mass is 35.5. The molecular formula is C28H31Cl2N8O3S+. The van der Waals surface area contributed by atoms with Crippen LogP contribution in [0, 0.1) is 0 Å². The van der Waals surface area contributed by atoms with Crippen molar-refractivity contribution in [3.63, 3.8) is 0 Å². The molecule has 0 fully saturated rings. The van der Waals surface area contributed by atoms with Gasteiger partial charge < -0.3 is 25.1 Å². The van der Waals surface area contributed by atoms with Gasteiger partial charge in [0.1, 0.15) is 11.3 Å². The first-order valence-corrected chi connectivity index (χ1v) is 16.5. The molecule has 3 aromatic heterocycles. The largest absolute Gasteiger partial charge is 0.366 e. The van der Waals surface area contributed by atoms with E-state index < -0.39 is 0 Å². The van der Waals surface area contributed by atoms with E-state index in [1.165, 1.54) is 0 Å². The van der Waals surface area contributed by atoms with E-state index in [0.29, 0.717) is 76.3 Å². The molecule has 0 unspecified atom stereocenters. The second-order valence-corrected chi connectivity index (χ2v) is 13.0. The molecule has 2 aromatic carbocycles. The van der Waals surface area contributed by atoms with E-state index in [1.807, 2.05) is 28.6 Å². The molecule has 0 aliphatic rings. The molecule has 11 nitrogen and oxygen atoms in total. The quantitative estimate of drug-likeness (QED) is 0.133. The highest BCUT2D eigenvalue weighted by Gasteiger charge is 2.21. The molecule has 0 spiro atoms. The molecule has 14 heteroatoms. The third-order valence-electron chi connectivity index (χ3n) is 6.76. The van der Waals surface area contributed by atoms with Gasteiger partial charge in [0, 0.05) is 43.7 Å². The van der Waals surface area contributed by atoms with Crippen molar-refractivity contribution in [3.8, 4) is 11.5 Å². The van der Waals surface area contributed by atoms with Crippen molar-refractivity contribution in [3.05, 3.63) is 48.2 Å². The van der Waals surface area contributed by atoms with Gasteiger partial charge in [-0.15, -0.1) is 23.2 Å². The fourth-order valence-electron chi connectivity index (χ4n) is 4.69. The predicted octanol–water partition coefficient (Wildman–Crippen LogP) is 4.85. The molecule has 5 aromatic rings. The van der Waals surface area contributed by atoms with Gasteiger partial charge >= 0.3 is 0 Å². The average Bonchev–Trinajstić information content (AvgIpc) is 3.70. The lowest BCUT2D eigenvalue weighted by Gasteiger charge is -2.25.